The van der Waals surface area contributed by atoms with E-state index in [0.717, 1.165) is 0 Å². The number of aliphatic carboxylic acids is 1. The lowest BCUT2D eigenvalue weighted by atomic mass is 9.54. The van der Waals surface area contributed by atoms with Crippen molar-refractivity contribution >= 4 is 35.1 Å². The molecule has 2 atom stereocenters. The summed E-state index contributed by atoms with van der Waals surface area (Å²) in [6.07, 6.45) is -0.0216. The number of carbonyl (C=O) groups excluding carboxylic acids is 1. The van der Waals surface area contributed by atoms with E-state index in [2.05, 4.69) is 5.32 Å². The number of amides is 1. The number of nitrogens with one attached hydrogen (secondary N) is 1. The van der Waals surface area contributed by atoms with Crippen LogP contribution in [0.4, 0.5) is 0 Å². The first-order chi connectivity index (χ1) is 11.6. The lowest BCUT2D eigenvalue weighted by Crippen LogP contribution is -2.76. The topological polar surface area (TPSA) is 84.9 Å². The van der Waals surface area contributed by atoms with Gasteiger partial charge in [0.15, 0.2) is 6.61 Å². The smallest absolute Gasteiger partial charge is 0.330 e. The van der Waals surface area contributed by atoms with Crippen LogP contribution in [0.25, 0.3) is 0 Å². The number of hydrogen-bond donors (Lipinski definition) is 2. The summed E-state index contributed by atoms with van der Waals surface area (Å²) in [5, 5.41) is 12.9. The molecule has 2 unspecified atom stereocenters. The average Bonchev–Trinajstić information content (AvgIpc) is 2.54. The van der Waals surface area contributed by atoms with Crippen LogP contribution in [0.2, 0.25) is 10.0 Å². The lowest BCUT2D eigenvalue weighted by molar-refractivity contribution is -0.194. The maximum absolute atomic E-state index is 12.2. The Labute approximate surface area is 156 Å². The molecule has 1 aliphatic carbocycles. The molecule has 138 valence electrons. The molecule has 1 saturated carbocycles. The van der Waals surface area contributed by atoms with Gasteiger partial charge < -0.3 is 19.9 Å². The van der Waals surface area contributed by atoms with Crippen molar-refractivity contribution in [2.24, 2.45) is 5.41 Å². The minimum absolute atomic E-state index is 0.210. The van der Waals surface area contributed by atoms with Crippen molar-refractivity contribution in [2.75, 3.05) is 13.2 Å². The van der Waals surface area contributed by atoms with Crippen LogP contribution < -0.4 is 10.1 Å². The van der Waals surface area contributed by atoms with Crippen molar-refractivity contribution in [2.45, 2.75) is 38.8 Å². The zero-order chi connectivity index (χ0) is 18.8. The number of carboxylic acids is 1. The second-order valence-electron chi connectivity index (χ2n) is 6.49. The third-order valence-corrected chi connectivity index (χ3v) is 5.48. The summed E-state index contributed by atoms with van der Waals surface area (Å²) in [6.45, 7) is 5.54. The van der Waals surface area contributed by atoms with E-state index in [1.165, 1.54) is 6.07 Å². The van der Waals surface area contributed by atoms with Crippen molar-refractivity contribution in [3.05, 3.63) is 28.2 Å². The van der Waals surface area contributed by atoms with Crippen LogP contribution in [-0.2, 0) is 14.3 Å². The van der Waals surface area contributed by atoms with E-state index in [1.54, 1.807) is 26.0 Å². The van der Waals surface area contributed by atoms with E-state index in [0.29, 0.717) is 22.4 Å². The highest BCUT2D eigenvalue weighted by Crippen LogP contribution is 2.51. The summed E-state index contributed by atoms with van der Waals surface area (Å²) in [5.74, 6) is -1.25. The van der Waals surface area contributed by atoms with Crippen LogP contribution in [0.3, 0.4) is 0 Å². The predicted molar refractivity (Wildman–Crippen MR) is 94.3 cm³/mol. The number of rotatable bonds is 7. The Bertz CT molecular complexity index is 679. The Morgan fingerprint density at radius 2 is 2.00 bits per heavy atom. The molecule has 2 N–H and O–H groups in total. The summed E-state index contributed by atoms with van der Waals surface area (Å²) in [6, 6.07) is 4.62. The highest BCUT2D eigenvalue weighted by Gasteiger charge is 2.66. The number of benzene rings is 1. The van der Waals surface area contributed by atoms with Gasteiger partial charge in [-0.25, -0.2) is 4.79 Å². The molecule has 0 aromatic heterocycles. The van der Waals surface area contributed by atoms with Gasteiger partial charge in [-0.15, -0.1) is 0 Å². The van der Waals surface area contributed by atoms with Crippen LogP contribution >= 0.6 is 23.2 Å². The first-order valence-electron chi connectivity index (χ1n) is 7.88. The number of carboxylic acid groups (broad SMARTS) is 1. The highest BCUT2D eigenvalue weighted by molar-refractivity contribution is 6.42. The molecule has 25 heavy (non-hydrogen) atoms. The Hall–Kier alpha value is -1.50. The molecule has 0 heterocycles. The molecule has 1 amide bonds. The molecule has 1 aromatic carbocycles. The number of hydrogen-bond acceptors (Lipinski definition) is 4. The fraction of sp³-hybridized carbons (Fsp3) is 0.529. The Balaban J connectivity index is 2.02. The van der Waals surface area contributed by atoms with E-state index < -0.39 is 22.8 Å². The largest absolute Gasteiger partial charge is 0.484 e. The third-order valence-electron chi connectivity index (χ3n) is 4.74. The van der Waals surface area contributed by atoms with Crippen molar-refractivity contribution in [1.29, 1.82) is 0 Å². The molecular formula is C17H21Cl2NO5. The molecule has 0 saturated heterocycles. The van der Waals surface area contributed by atoms with E-state index in [4.69, 9.17) is 32.7 Å². The number of carbonyl (C=O) groups is 2. The standard InChI is InChI=1S/C17H21Cl2NO5/c1-4-24-13-8-17(15(22)23,16(13,2)3)20-14(21)9-25-10-5-6-11(18)12(19)7-10/h5-7,13H,4,8-9H2,1-3H3,(H,20,21)(H,22,23). The molecule has 1 aromatic rings. The lowest BCUT2D eigenvalue weighted by Gasteiger charge is -2.58. The first kappa shape index (κ1) is 19.8. The quantitative estimate of drug-likeness (QED) is 0.747. The van der Waals surface area contributed by atoms with Crippen LogP contribution in [-0.4, -0.2) is 41.8 Å². The summed E-state index contributed by atoms with van der Waals surface area (Å²) in [5.41, 5.74) is -2.13. The minimum Gasteiger partial charge on any atom is -0.484 e. The van der Waals surface area contributed by atoms with E-state index in [-0.39, 0.29) is 19.1 Å². The van der Waals surface area contributed by atoms with Crippen molar-refractivity contribution < 1.29 is 24.2 Å². The molecule has 1 aliphatic rings. The SMILES string of the molecule is CCOC1CC(NC(=O)COc2ccc(Cl)c(Cl)c2)(C(=O)O)C1(C)C. The molecule has 1 fully saturated rings. The third kappa shape index (κ3) is 3.71. The fourth-order valence-electron chi connectivity index (χ4n) is 3.03. The summed E-state index contributed by atoms with van der Waals surface area (Å²) < 4.78 is 10.9. The Morgan fingerprint density at radius 1 is 1.32 bits per heavy atom. The molecule has 0 spiro atoms. The van der Waals surface area contributed by atoms with Crippen LogP contribution in [0, 0.1) is 5.41 Å². The molecular weight excluding hydrogens is 369 g/mol. The van der Waals surface area contributed by atoms with Crippen molar-refractivity contribution in [3.8, 4) is 5.75 Å². The van der Waals surface area contributed by atoms with Gasteiger partial charge in [-0.3, -0.25) is 4.79 Å². The summed E-state index contributed by atoms with van der Waals surface area (Å²) >= 11 is 11.7. The first-order valence-corrected chi connectivity index (χ1v) is 8.63. The van der Waals surface area contributed by atoms with Crippen LogP contribution in [0.15, 0.2) is 18.2 Å². The zero-order valence-corrected chi connectivity index (χ0v) is 15.8. The van der Waals surface area contributed by atoms with Gasteiger partial charge in [0.1, 0.15) is 11.3 Å². The maximum atomic E-state index is 12.2. The predicted octanol–water partition coefficient (Wildman–Crippen LogP) is 3.15. The Kier molecular flexibility index (Phi) is 5.86. The second kappa shape index (κ2) is 7.40. The van der Waals surface area contributed by atoms with Gasteiger partial charge in [0.25, 0.3) is 5.91 Å². The number of ether oxygens (including phenoxy) is 2. The zero-order valence-electron chi connectivity index (χ0n) is 14.3. The normalized spacial score (nSPS) is 24.3. The molecule has 0 radical (unpaired) electrons. The van der Waals surface area contributed by atoms with Gasteiger partial charge in [0.2, 0.25) is 0 Å². The van der Waals surface area contributed by atoms with E-state index in [1.807, 2.05) is 6.92 Å². The van der Waals surface area contributed by atoms with E-state index >= 15 is 0 Å². The highest BCUT2D eigenvalue weighted by atomic mass is 35.5. The van der Waals surface area contributed by atoms with Crippen LogP contribution in [0.1, 0.15) is 27.2 Å². The molecule has 6 nitrogen and oxygen atoms in total. The van der Waals surface area contributed by atoms with Crippen molar-refractivity contribution in [1.82, 2.24) is 5.32 Å². The van der Waals surface area contributed by atoms with Gasteiger partial charge in [-0.2, -0.15) is 0 Å². The monoisotopic (exact) mass is 389 g/mol. The average molecular weight is 390 g/mol. The van der Waals surface area contributed by atoms with Gasteiger partial charge in [-0.1, -0.05) is 37.0 Å². The van der Waals surface area contributed by atoms with Gasteiger partial charge >= 0.3 is 5.97 Å². The summed E-state index contributed by atoms with van der Waals surface area (Å²) in [4.78, 5) is 24.1. The Morgan fingerprint density at radius 3 is 2.52 bits per heavy atom. The molecule has 2 rings (SSSR count). The van der Waals surface area contributed by atoms with Crippen molar-refractivity contribution in [3.63, 3.8) is 0 Å². The van der Waals surface area contributed by atoms with Crippen LogP contribution in [0.5, 0.6) is 5.75 Å². The number of halogens is 2. The van der Waals surface area contributed by atoms with Gasteiger partial charge in [0, 0.05) is 24.5 Å². The van der Waals surface area contributed by atoms with Gasteiger partial charge in [-0.05, 0) is 19.1 Å². The summed E-state index contributed by atoms with van der Waals surface area (Å²) in [7, 11) is 0. The minimum atomic E-state index is -1.38. The maximum Gasteiger partial charge on any atom is 0.330 e. The van der Waals surface area contributed by atoms with E-state index in [9.17, 15) is 14.7 Å². The fourth-order valence-corrected chi connectivity index (χ4v) is 3.31. The molecule has 0 bridgehead atoms. The van der Waals surface area contributed by atoms with Gasteiger partial charge in [0.05, 0.1) is 16.1 Å². The molecule has 0 aliphatic heterocycles. The second-order valence-corrected chi connectivity index (χ2v) is 7.31. The molecule has 8 heteroatoms.